The Morgan fingerprint density at radius 1 is 1.00 bits per heavy atom. The normalized spacial score (nSPS) is 22.2. The van der Waals surface area contributed by atoms with Crippen molar-refractivity contribution in [1.29, 1.82) is 0 Å². The van der Waals surface area contributed by atoms with Gasteiger partial charge in [-0.2, -0.15) is 0 Å². The van der Waals surface area contributed by atoms with Gasteiger partial charge in [0.25, 0.3) is 0 Å². The van der Waals surface area contributed by atoms with Crippen molar-refractivity contribution in [1.82, 2.24) is 0 Å². The molecule has 0 aliphatic carbocycles. The molecular weight excluding hydrogens is 316 g/mol. The van der Waals surface area contributed by atoms with Crippen LogP contribution in [0, 0.1) is 11.8 Å². The second-order valence-electron chi connectivity index (χ2n) is 9.11. The zero-order valence-electron chi connectivity index (χ0n) is 17.0. The Morgan fingerprint density at radius 2 is 1.73 bits per heavy atom. The molecule has 1 aliphatic heterocycles. The molecular formula is C24H34N2. The van der Waals surface area contributed by atoms with Gasteiger partial charge in [-0.15, -0.1) is 0 Å². The van der Waals surface area contributed by atoms with Gasteiger partial charge in [-0.25, -0.2) is 0 Å². The zero-order chi connectivity index (χ0) is 18.7. The number of benzene rings is 2. The third-order valence-corrected chi connectivity index (χ3v) is 5.30. The highest BCUT2D eigenvalue weighted by Gasteiger charge is 2.35. The molecule has 0 fully saturated rings. The van der Waals surface area contributed by atoms with Crippen LogP contribution in [0.15, 0.2) is 48.5 Å². The second-order valence-corrected chi connectivity index (χ2v) is 9.11. The second kappa shape index (κ2) is 7.73. The van der Waals surface area contributed by atoms with E-state index in [-0.39, 0.29) is 5.54 Å². The molecule has 140 valence electrons. The Kier molecular flexibility index (Phi) is 5.60. The molecule has 2 atom stereocenters. The van der Waals surface area contributed by atoms with Crippen molar-refractivity contribution >= 4 is 17.1 Å². The van der Waals surface area contributed by atoms with Gasteiger partial charge in [0.05, 0.1) is 0 Å². The van der Waals surface area contributed by atoms with E-state index in [9.17, 15) is 0 Å². The molecule has 0 bridgehead atoms. The Morgan fingerprint density at radius 3 is 2.38 bits per heavy atom. The van der Waals surface area contributed by atoms with Crippen molar-refractivity contribution < 1.29 is 0 Å². The van der Waals surface area contributed by atoms with E-state index >= 15 is 0 Å². The molecule has 3 rings (SSSR count). The average Bonchev–Trinajstić information content (AvgIpc) is 2.55. The molecule has 2 nitrogen and oxygen atoms in total. The fourth-order valence-electron chi connectivity index (χ4n) is 4.62. The predicted molar refractivity (Wildman–Crippen MR) is 114 cm³/mol. The van der Waals surface area contributed by atoms with Crippen LogP contribution in [0.4, 0.5) is 17.1 Å². The molecule has 2 unspecified atom stereocenters. The summed E-state index contributed by atoms with van der Waals surface area (Å²) >= 11 is 0. The van der Waals surface area contributed by atoms with Gasteiger partial charge in [0.1, 0.15) is 0 Å². The first kappa shape index (κ1) is 18.8. The van der Waals surface area contributed by atoms with Crippen molar-refractivity contribution in [2.24, 2.45) is 11.8 Å². The highest BCUT2D eigenvalue weighted by atomic mass is 15.0. The molecule has 1 aliphatic rings. The Hall–Kier alpha value is -1.96. The molecule has 2 heteroatoms. The first-order chi connectivity index (χ1) is 12.3. The number of anilines is 3. The maximum Gasteiger partial charge on any atom is 0.0388 e. The summed E-state index contributed by atoms with van der Waals surface area (Å²) in [6.07, 6.45) is 3.67. The number of fused-ring (bicyclic) bond motifs is 1. The van der Waals surface area contributed by atoms with Gasteiger partial charge < -0.3 is 10.6 Å². The van der Waals surface area contributed by atoms with E-state index in [2.05, 4.69) is 93.8 Å². The van der Waals surface area contributed by atoms with Crippen LogP contribution in [-0.4, -0.2) is 5.54 Å². The van der Waals surface area contributed by atoms with Crippen LogP contribution >= 0.6 is 0 Å². The monoisotopic (exact) mass is 350 g/mol. The Bertz CT molecular complexity index is 720. The molecule has 2 aromatic rings. The van der Waals surface area contributed by atoms with E-state index in [1.54, 1.807) is 0 Å². The van der Waals surface area contributed by atoms with Crippen LogP contribution in [0.3, 0.4) is 0 Å². The predicted octanol–water partition coefficient (Wildman–Crippen LogP) is 7.18. The van der Waals surface area contributed by atoms with Gasteiger partial charge in [0.15, 0.2) is 0 Å². The Labute approximate surface area is 159 Å². The molecule has 0 saturated carbocycles. The largest absolute Gasteiger partial charge is 0.380 e. The lowest BCUT2D eigenvalue weighted by atomic mass is 9.73. The van der Waals surface area contributed by atoms with E-state index in [4.69, 9.17) is 0 Å². The lowest BCUT2D eigenvalue weighted by Crippen LogP contribution is -2.41. The maximum absolute atomic E-state index is 3.87. The summed E-state index contributed by atoms with van der Waals surface area (Å²) in [7, 11) is 0. The highest BCUT2D eigenvalue weighted by molar-refractivity contribution is 5.67. The third-order valence-electron chi connectivity index (χ3n) is 5.30. The maximum atomic E-state index is 3.87. The summed E-state index contributed by atoms with van der Waals surface area (Å²) in [6, 6.07) is 17.3. The van der Waals surface area contributed by atoms with Gasteiger partial charge in [0.2, 0.25) is 0 Å². The highest BCUT2D eigenvalue weighted by Crippen LogP contribution is 2.45. The minimum Gasteiger partial charge on any atom is -0.380 e. The standard InChI is InChI=1S/C24H34N2/c1-17(2)13-19-16-24(5,15-18(3)4)26-23-12-11-21(14-22(19)23)25-20-9-7-6-8-10-20/h6-12,14,17-19,25-26H,13,15-16H2,1-5H3. The van der Waals surface area contributed by atoms with E-state index < -0.39 is 0 Å². The molecule has 2 aromatic carbocycles. The fourth-order valence-corrected chi connectivity index (χ4v) is 4.62. The summed E-state index contributed by atoms with van der Waals surface area (Å²) < 4.78 is 0. The Balaban J connectivity index is 1.89. The summed E-state index contributed by atoms with van der Waals surface area (Å²) in [4.78, 5) is 0. The SMILES string of the molecule is CC(C)CC1CC(C)(CC(C)C)Nc2ccc(Nc3ccccc3)cc21. The summed E-state index contributed by atoms with van der Waals surface area (Å²) in [5, 5.41) is 7.42. The fraction of sp³-hybridized carbons (Fsp3) is 0.500. The zero-order valence-corrected chi connectivity index (χ0v) is 17.0. The number of hydrogen-bond donors (Lipinski definition) is 2. The van der Waals surface area contributed by atoms with Crippen LogP contribution in [-0.2, 0) is 0 Å². The van der Waals surface area contributed by atoms with Gasteiger partial charge in [-0.1, -0.05) is 45.9 Å². The number of para-hydroxylation sites is 1. The summed E-state index contributed by atoms with van der Waals surface area (Å²) in [5.74, 6) is 2.03. The minimum atomic E-state index is 0.190. The number of hydrogen-bond acceptors (Lipinski definition) is 2. The van der Waals surface area contributed by atoms with Crippen molar-refractivity contribution in [3.05, 3.63) is 54.1 Å². The molecule has 2 N–H and O–H groups in total. The van der Waals surface area contributed by atoms with Crippen LogP contribution in [0.25, 0.3) is 0 Å². The van der Waals surface area contributed by atoms with Crippen LogP contribution in [0.1, 0.15) is 65.4 Å². The van der Waals surface area contributed by atoms with Crippen molar-refractivity contribution in [3.63, 3.8) is 0 Å². The molecule has 0 saturated heterocycles. The molecule has 0 amide bonds. The molecule has 0 aromatic heterocycles. The lowest BCUT2D eigenvalue weighted by molar-refractivity contribution is 0.317. The molecule has 0 spiro atoms. The topological polar surface area (TPSA) is 24.1 Å². The minimum absolute atomic E-state index is 0.190. The molecule has 26 heavy (non-hydrogen) atoms. The lowest BCUT2D eigenvalue weighted by Gasteiger charge is -2.43. The first-order valence-corrected chi connectivity index (χ1v) is 10.1. The van der Waals surface area contributed by atoms with E-state index in [0.717, 1.165) is 5.69 Å². The number of nitrogens with one attached hydrogen (secondary N) is 2. The van der Waals surface area contributed by atoms with Crippen LogP contribution in [0.5, 0.6) is 0 Å². The molecule has 1 heterocycles. The van der Waals surface area contributed by atoms with Gasteiger partial charge >= 0.3 is 0 Å². The smallest absolute Gasteiger partial charge is 0.0388 e. The molecule has 0 radical (unpaired) electrons. The van der Waals surface area contributed by atoms with E-state index in [1.165, 1.54) is 36.2 Å². The van der Waals surface area contributed by atoms with Gasteiger partial charge in [-0.05, 0) is 79.8 Å². The van der Waals surface area contributed by atoms with Crippen LogP contribution < -0.4 is 10.6 Å². The quantitative estimate of drug-likeness (QED) is 0.576. The van der Waals surface area contributed by atoms with Crippen molar-refractivity contribution in [2.75, 3.05) is 10.6 Å². The third kappa shape index (κ3) is 4.60. The van der Waals surface area contributed by atoms with Crippen LogP contribution in [0.2, 0.25) is 0 Å². The summed E-state index contributed by atoms with van der Waals surface area (Å²) in [6.45, 7) is 11.7. The summed E-state index contributed by atoms with van der Waals surface area (Å²) in [5.41, 5.74) is 5.30. The average molecular weight is 351 g/mol. The van der Waals surface area contributed by atoms with Gasteiger partial charge in [0, 0.05) is 22.6 Å². The van der Waals surface area contributed by atoms with Crippen molar-refractivity contribution in [2.45, 2.75) is 65.3 Å². The number of rotatable bonds is 6. The van der Waals surface area contributed by atoms with Gasteiger partial charge in [-0.3, -0.25) is 0 Å². The van der Waals surface area contributed by atoms with E-state index in [0.29, 0.717) is 17.8 Å². The van der Waals surface area contributed by atoms with E-state index in [1.807, 2.05) is 0 Å². The van der Waals surface area contributed by atoms with Crippen molar-refractivity contribution in [3.8, 4) is 0 Å². The first-order valence-electron chi connectivity index (χ1n) is 10.1.